The number of hydrogen-bond donors (Lipinski definition) is 1. The predicted octanol–water partition coefficient (Wildman–Crippen LogP) is 2.76. The van der Waals surface area contributed by atoms with Gasteiger partial charge in [-0.25, -0.2) is 0 Å². The Morgan fingerprint density at radius 3 is 2.86 bits per heavy atom. The molecule has 0 bridgehead atoms. The van der Waals surface area contributed by atoms with E-state index in [1.54, 1.807) is 0 Å². The fourth-order valence-corrected chi connectivity index (χ4v) is 1.95. The minimum atomic E-state index is 0.552. The molecule has 2 nitrogen and oxygen atoms in total. The maximum atomic E-state index is 5.69. The van der Waals surface area contributed by atoms with Crippen molar-refractivity contribution in [2.24, 2.45) is 5.73 Å². The quantitative estimate of drug-likeness (QED) is 0.846. The van der Waals surface area contributed by atoms with E-state index >= 15 is 0 Å². The number of hydrogen-bond acceptors (Lipinski definition) is 2. The van der Waals surface area contributed by atoms with Crippen molar-refractivity contribution in [3.63, 3.8) is 0 Å². The minimum Gasteiger partial charge on any atom is -0.326 e. The summed E-state index contributed by atoms with van der Waals surface area (Å²) in [6, 6.07) is 8.10. The van der Waals surface area contributed by atoms with E-state index in [1.807, 2.05) is 25.1 Å². The number of aryl methyl sites for hydroxylation is 1. The topological polar surface area (TPSA) is 38.9 Å². The van der Waals surface area contributed by atoms with Crippen LogP contribution in [0.3, 0.4) is 0 Å². The van der Waals surface area contributed by atoms with E-state index in [0.29, 0.717) is 6.54 Å². The van der Waals surface area contributed by atoms with Gasteiger partial charge in [0.05, 0.1) is 5.52 Å². The van der Waals surface area contributed by atoms with Crippen LogP contribution in [-0.2, 0) is 6.54 Å². The number of halogens is 1. The van der Waals surface area contributed by atoms with Crippen LogP contribution in [0.25, 0.3) is 10.9 Å². The number of rotatable bonds is 1. The maximum absolute atomic E-state index is 5.69. The second-order valence-electron chi connectivity index (χ2n) is 3.29. The average Bonchev–Trinajstić information content (AvgIpc) is 2.17. The van der Waals surface area contributed by atoms with Crippen LogP contribution >= 0.6 is 15.9 Å². The molecular formula is C11H11BrN2. The van der Waals surface area contributed by atoms with Crippen LogP contribution < -0.4 is 5.73 Å². The molecule has 1 aromatic heterocycles. The zero-order valence-electron chi connectivity index (χ0n) is 7.92. The summed E-state index contributed by atoms with van der Waals surface area (Å²) in [4.78, 5) is 4.45. The third-order valence-electron chi connectivity index (χ3n) is 2.20. The van der Waals surface area contributed by atoms with E-state index in [1.165, 1.54) is 0 Å². The summed E-state index contributed by atoms with van der Waals surface area (Å²) in [5.74, 6) is 0. The molecule has 0 aliphatic rings. The van der Waals surface area contributed by atoms with Gasteiger partial charge >= 0.3 is 0 Å². The van der Waals surface area contributed by atoms with E-state index in [-0.39, 0.29) is 0 Å². The first-order chi connectivity index (χ1) is 6.70. The highest BCUT2D eigenvalue weighted by Gasteiger charge is 2.02. The molecule has 2 N–H and O–H groups in total. The molecule has 1 heterocycles. The van der Waals surface area contributed by atoms with Crippen LogP contribution in [0.4, 0.5) is 0 Å². The summed E-state index contributed by atoms with van der Waals surface area (Å²) < 4.78 is 1.06. The van der Waals surface area contributed by atoms with Gasteiger partial charge in [-0.2, -0.15) is 0 Å². The molecule has 0 aliphatic carbocycles. The van der Waals surface area contributed by atoms with Gasteiger partial charge in [-0.3, -0.25) is 4.98 Å². The molecule has 72 valence electrons. The van der Waals surface area contributed by atoms with E-state index in [0.717, 1.165) is 26.6 Å². The molecule has 0 saturated carbocycles. The van der Waals surface area contributed by atoms with Crippen LogP contribution in [0.2, 0.25) is 0 Å². The van der Waals surface area contributed by atoms with E-state index in [4.69, 9.17) is 5.73 Å². The lowest BCUT2D eigenvalue weighted by Gasteiger charge is -2.05. The van der Waals surface area contributed by atoms with Crippen molar-refractivity contribution >= 4 is 26.8 Å². The fourth-order valence-electron chi connectivity index (χ4n) is 1.58. The van der Waals surface area contributed by atoms with Gasteiger partial charge in [0.1, 0.15) is 0 Å². The van der Waals surface area contributed by atoms with Crippen LogP contribution in [0.5, 0.6) is 0 Å². The van der Waals surface area contributed by atoms with Crippen molar-refractivity contribution in [1.82, 2.24) is 4.98 Å². The second-order valence-corrected chi connectivity index (χ2v) is 4.20. The number of aromatic nitrogens is 1. The van der Waals surface area contributed by atoms with Crippen molar-refractivity contribution in [1.29, 1.82) is 0 Å². The molecule has 2 rings (SSSR count). The highest BCUT2D eigenvalue weighted by atomic mass is 79.9. The summed E-state index contributed by atoms with van der Waals surface area (Å²) in [6.07, 6.45) is 0. The van der Waals surface area contributed by atoms with Gasteiger partial charge < -0.3 is 5.73 Å². The normalized spacial score (nSPS) is 10.8. The third-order valence-corrected chi connectivity index (χ3v) is 2.70. The Kier molecular flexibility index (Phi) is 2.52. The van der Waals surface area contributed by atoms with Gasteiger partial charge in [0.25, 0.3) is 0 Å². The highest BCUT2D eigenvalue weighted by Crippen LogP contribution is 2.22. The molecule has 0 radical (unpaired) electrons. The number of nitrogens with zero attached hydrogens (tertiary/aromatic N) is 1. The average molecular weight is 251 g/mol. The monoisotopic (exact) mass is 250 g/mol. The van der Waals surface area contributed by atoms with Crippen molar-refractivity contribution in [2.45, 2.75) is 13.5 Å². The lowest BCUT2D eigenvalue weighted by atomic mass is 10.1. The molecule has 0 amide bonds. The molecule has 0 fully saturated rings. The summed E-state index contributed by atoms with van der Waals surface area (Å²) in [6.45, 7) is 2.54. The van der Waals surface area contributed by atoms with Gasteiger partial charge in [0, 0.05) is 22.1 Å². The van der Waals surface area contributed by atoms with Gasteiger partial charge in [0.15, 0.2) is 0 Å². The molecule has 14 heavy (non-hydrogen) atoms. The van der Waals surface area contributed by atoms with Crippen LogP contribution in [-0.4, -0.2) is 4.98 Å². The molecule has 0 atom stereocenters. The number of pyridine rings is 1. The van der Waals surface area contributed by atoms with Crippen molar-refractivity contribution in [3.8, 4) is 0 Å². The van der Waals surface area contributed by atoms with Gasteiger partial charge in [-0.1, -0.05) is 15.9 Å². The molecular weight excluding hydrogens is 240 g/mol. The fraction of sp³-hybridized carbons (Fsp3) is 0.182. The first-order valence-electron chi connectivity index (χ1n) is 4.46. The third kappa shape index (κ3) is 1.65. The summed E-state index contributed by atoms with van der Waals surface area (Å²) in [5.41, 5.74) is 8.86. The summed E-state index contributed by atoms with van der Waals surface area (Å²) in [5, 5.41) is 1.13. The molecule has 2 aromatic rings. The molecule has 0 spiro atoms. The van der Waals surface area contributed by atoms with Crippen molar-refractivity contribution in [3.05, 3.63) is 40.0 Å². The summed E-state index contributed by atoms with van der Waals surface area (Å²) >= 11 is 3.45. The van der Waals surface area contributed by atoms with Gasteiger partial charge in [0.2, 0.25) is 0 Å². The number of nitrogens with two attached hydrogens (primary N) is 1. The zero-order chi connectivity index (χ0) is 10.1. The van der Waals surface area contributed by atoms with Crippen molar-refractivity contribution < 1.29 is 0 Å². The Labute approximate surface area is 91.3 Å². The zero-order valence-corrected chi connectivity index (χ0v) is 9.51. The Morgan fingerprint density at radius 1 is 1.36 bits per heavy atom. The standard InChI is InChI=1S/C11H11BrN2/c1-7-4-8(6-13)10-5-9(12)2-3-11(10)14-7/h2-5H,6,13H2,1H3. The lowest BCUT2D eigenvalue weighted by Crippen LogP contribution is -1.99. The predicted molar refractivity (Wildman–Crippen MR) is 62.1 cm³/mol. The lowest BCUT2D eigenvalue weighted by molar-refractivity contribution is 1.07. The molecule has 1 aromatic carbocycles. The van der Waals surface area contributed by atoms with Crippen molar-refractivity contribution in [2.75, 3.05) is 0 Å². The van der Waals surface area contributed by atoms with Gasteiger partial charge in [-0.15, -0.1) is 0 Å². The summed E-state index contributed by atoms with van der Waals surface area (Å²) in [7, 11) is 0. The molecule has 3 heteroatoms. The van der Waals surface area contributed by atoms with Gasteiger partial charge in [-0.05, 0) is 36.8 Å². The maximum Gasteiger partial charge on any atom is 0.0709 e. The van der Waals surface area contributed by atoms with Crippen LogP contribution in [0.1, 0.15) is 11.3 Å². The Balaban J connectivity index is 2.81. The first kappa shape index (κ1) is 9.62. The molecule has 0 aliphatic heterocycles. The largest absolute Gasteiger partial charge is 0.326 e. The van der Waals surface area contributed by atoms with Crippen LogP contribution in [0.15, 0.2) is 28.7 Å². The molecule has 0 saturated heterocycles. The van der Waals surface area contributed by atoms with E-state index in [2.05, 4.69) is 27.0 Å². The SMILES string of the molecule is Cc1cc(CN)c2cc(Br)ccc2n1. The van der Waals surface area contributed by atoms with E-state index < -0.39 is 0 Å². The van der Waals surface area contributed by atoms with E-state index in [9.17, 15) is 0 Å². The Morgan fingerprint density at radius 2 is 2.14 bits per heavy atom. The second kappa shape index (κ2) is 3.67. The Bertz CT molecular complexity index is 480. The highest BCUT2D eigenvalue weighted by molar-refractivity contribution is 9.10. The molecule has 0 unspecified atom stereocenters. The van der Waals surface area contributed by atoms with Crippen LogP contribution in [0, 0.1) is 6.92 Å². The number of benzene rings is 1. The number of fused-ring (bicyclic) bond motifs is 1. The minimum absolute atomic E-state index is 0.552. The Hall–Kier alpha value is -0.930. The smallest absolute Gasteiger partial charge is 0.0709 e. The first-order valence-corrected chi connectivity index (χ1v) is 5.26.